The van der Waals surface area contributed by atoms with Crippen LogP contribution in [0.4, 0.5) is 0 Å². The van der Waals surface area contributed by atoms with Gasteiger partial charge in [-0.15, -0.1) is 5.73 Å². The molecule has 0 radical (unpaired) electrons. The molecule has 1 aliphatic carbocycles. The van der Waals surface area contributed by atoms with Gasteiger partial charge in [-0.1, -0.05) is 6.58 Å². The van der Waals surface area contributed by atoms with Crippen molar-refractivity contribution in [3.63, 3.8) is 0 Å². The number of carbonyl (C=O) groups excluding carboxylic acids is 2. The first-order valence-corrected chi connectivity index (χ1v) is 6.63. The van der Waals surface area contributed by atoms with Gasteiger partial charge < -0.3 is 14.2 Å². The summed E-state index contributed by atoms with van der Waals surface area (Å²) >= 11 is 0. The molecule has 21 heavy (non-hydrogen) atoms. The maximum Gasteiger partial charge on any atom is 0.323 e. The fraction of sp³-hybridized carbons (Fsp3) is 0.562. The van der Waals surface area contributed by atoms with Crippen LogP contribution in [0.2, 0.25) is 0 Å². The highest BCUT2D eigenvalue weighted by molar-refractivity contribution is 6.04. The summed E-state index contributed by atoms with van der Waals surface area (Å²) in [5.74, 6) is -1.52. The Labute approximate surface area is 125 Å². The van der Waals surface area contributed by atoms with Gasteiger partial charge in [0, 0.05) is 18.6 Å². The molecular weight excluding hydrogens is 272 g/mol. The number of rotatable bonds is 6. The molecule has 116 valence electrons. The zero-order valence-corrected chi connectivity index (χ0v) is 13.2. The third-order valence-corrected chi connectivity index (χ3v) is 3.56. The molecule has 1 aliphatic rings. The van der Waals surface area contributed by atoms with E-state index >= 15 is 0 Å². The number of esters is 2. The van der Waals surface area contributed by atoms with E-state index in [0.29, 0.717) is 18.6 Å². The summed E-state index contributed by atoms with van der Waals surface area (Å²) in [6, 6.07) is 0. The lowest BCUT2D eigenvalue weighted by atomic mass is 9.95. The number of carbonyl (C=O) groups is 2. The Morgan fingerprint density at radius 1 is 1.19 bits per heavy atom. The molecule has 0 amide bonds. The molecule has 5 nitrogen and oxygen atoms in total. The van der Waals surface area contributed by atoms with Gasteiger partial charge in [0.05, 0.1) is 20.8 Å². The zero-order chi connectivity index (χ0) is 16.2. The molecule has 5 heteroatoms. The summed E-state index contributed by atoms with van der Waals surface area (Å²) in [7, 11) is 4.08. The number of hydrogen-bond acceptors (Lipinski definition) is 5. The first kappa shape index (κ1) is 17.2. The molecular formula is C16H22O5. The van der Waals surface area contributed by atoms with Crippen molar-refractivity contribution in [1.29, 1.82) is 0 Å². The second-order valence-electron chi connectivity index (χ2n) is 5.27. The predicted molar refractivity (Wildman–Crippen MR) is 77.5 cm³/mol. The zero-order valence-electron chi connectivity index (χ0n) is 13.2. The van der Waals surface area contributed by atoms with Crippen molar-refractivity contribution in [2.45, 2.75) is 20.3 Å². The lowest BCUT2D eigenvalue weighted by molar-refractivity contribution is -0.161. The van der Waals surface area contributed by atoms with Crippen molar-refractivity contribution in [2.24, 2.45) is 11.3 Å². The number of hydrogen-bond donors (Lipinski definition) is 0. The molecule has 0 aliphatic heterocycles. The first-order chi connectivity index (χ1) is 9.84. The molecule has 1 atom stereocenters. The molecule has 0 N–H and O–H groups in total. The van der Waals surface area contributed by atoms with Gasteiger partial charge in [0.25, 0.3) is 0 Å². The van der Waals surface area contributed by atoms with E-state index in [9.17, 15) is 9.59 Å². The molecule has 0 saturated heterocycles. The van der Waals surface area contributed by atoms with Gasteiger partial charge >= 0.3 is 11.9 Å². The average molecular weight is 294 g/mol. The molecule has 1 saturated carbocycles. The number of methoxy groups -OCH3 is 3. The Balaban J connectivity index is 3.12. The SMILES string of the molecule is C=C(C(=C=C(C)C)COC)C1CC1(C(=O)OC)C(=O)OC. The van der Waals surface area contributed by atoms with Crippen LogP contribution in [0.5, 0.6) is 0 Å². The molecule has 1 rings (SSSR count). The van der Waals surface area contributed by atoms with Crippen LogP contribution in [0.3, 0.4) is 0 Å². The molecule has 0 aromatic heterocycles. The quantitative estimate of drug-likeness (QED) is 0.325. The maximum atomic E-state index is 12.0. The Morgan fingerprint density at radius 3 is 2.10 bits per heavy atom. The normalized spacial score (nSPS) is 18.2. The van der Waals surface area contributed by atoms with E-state index in [-0.39, 0.29) is 5.92 Å². The highest BCUT2D eigenvalue weighted by Gasteiger charge is 2.69. The van der Waals surface area contributed by atoms with Gasteiger partial charge in [-0.2, -0.15) is 0 Å². The van der Waals surface area contributed by atoms with Crippen LogP contribution in [-0.4, -0.2) is 39.9 Å². The van der Waals surface area contributed by atoms with Crippen molar-refractivity contribution in [3.05, 3.63) is 29.0 Å². The molecule has 1 unspecified atom stereocenters. The third kappa shape index (κ3) is 3.26. The van der Waals surface area contributed by atoms with Crippen molar-refractivity contribution in [1.82, 2.24) is 0 Å². The fourth-order valence-corrected chi connectivity index (χ4v) is 2.45. The monoisotopic (exact) mass is 294 g/mol. The minimum atomic E-state index is -1.27. The second-order valence-corrected chi connectivity index (χ2v) is 5.27. The van der Waals surface area contributed by atoms with Gasteiger partial charge in [-0.3, -0.25) is 9.59 Å². The third-order valence-electron chi connectivity index (χ3n) is 3.56. The standard InChI is InChI=1S/C16H22O5/c1-10(2)7-12(9-19-4)11(3)13-8-16(13,14(17)20-5)15(18)21-6/h13H,3,8-9H2,1-2,4-6H3. The Bertz CT molecular complexity index is 503. The predicted octanol–water partition coefficient (Wildman–Crippen LogP) is 2.03. The Morgan fingerprint density at radius 2 is 1.71 bits per heavy atom. The topological polar surface area (TPSA) is 61.8 Å². The van der Waals surface area contributed by atoms with E-state index in [4.69, 9.17) is 14.2 Å². The first-order valence-electron chi connectivity index (χ1n) is 6.63. The van der Waals surface area contributed by atoms with E-state index in [0.717, 1.165) is 11.1 Å². The maximum absolute atomic E-state index is 12.0. The van der Waals surface area contributed by atoms with Crippen molar-refractivity contribution < 1.29 is 23.8 Å². The molecule has 0 aromatic rings. The Hall–Kier alpha value is -1.84. The van der Waals surface area contributed by atoms with E-state index in [1.165, 1.54) is 14.2 Å². The van der Waals surface area contributed by atoms with Gasteiger partial charge in [0.1, 0.15) is 0 Å². The molecule has 1 fully saturated rings. The minimum absolute atomic E-state index is 0.318. The smallest absolute Gasteiger partial charge is 0.323 e. The molecule has 0 bridgehead atoms. The van der Waals surface area contributed by atoms with Gasteiger partial charge in [-0.25, -0.2) is 0 Å². The van der Waals surface area contributed by atoms with Crippen LogP contribution in [0.1, 0.15) is 20.3 Å². The van der Waals surface area contributed by atoms with Crippen molar-refractivity contribution in [2.75, 3.05) is 27.9 Å². The summed E-state index contributed by atoms with van der Waals surface area (Å²) in [6.07, 6.45) is 0.336. The van der Waals surface area contributed by atoms with Crippen molar-refractivity contribution >= 4 is 11.9 Å². The lowest BCUT2D eigenvalue weighted by Crippen LogP contribution is -2.31. The highest BCUT2D eigenvalue weighted by Crippen LogP contribution is 2.59. The number of ether oxygens (including phenoxy) is 3. The van der Waals surface area contributed by atoms with Crippen LogP contribution in [-0.2, 0) is 23.8 Å². The van der Waals surface area contributed by atoms with E-state index in [1.54, 1.807) is 7.11 Å². The van der Waals surface area contributed by atoms with Gasteiger partial charge in [0.2, 0.25) is 0 Å². The summed E-state index contributed by atoms with van der Waals surface area (Å²) < 4.78 is 14.6. The molecule has 0 aromatic carbocycles. The summed E-state index contributed by atoms with van der Waals surface area (Å²) in [5, 5.41) is 0. The summed E-state index contributed by atoms with van der Waals surface area (Å²) in [5.41, 5.74) is 4.26. The van der Waals surface area contributed by atoms with Crippen LogP contribution in [0.25, 0.3) is 0 Å². The van der Waals surface area contributed by atoms with E-state index in [1.807, 2.05) is 13.8 Å². The summed E-state index contributed by atoms with van der Waals surface area (Å²) in [6.45, 7) is 8.14. The second kappa shape index (κ2) is 6.74. The fourth-order valence-electron chi connectivity index (χ4n) is 2.45. The molecule has 0 spiro atoms. The largest absolute Gasteiger partial charge is 0.468 e. The van der Waals surface area contributed by atoms with E-state index < -0.39 is 17.4 Å². The highest BCUT2D eigenvalue weighted by atomic mass is 16.5. The van der Waals surface area contributed by atoms with Gasteiger partial charge in [0.15, 0.2) is 5.41 Å². The minimum Gasteiger partial charge on any atom is -0.468 e. The lowest BCUT2D eigenvalue weighted by Gasteiger charge is -2.14. The molecule has 0 heterocycles. The van der Waals surface area contributed by atoms with Crippen LogP contribution in [0.15, 0.2) is 29.0 Å². The van der Waals surface area contributed by atoms with E-state index in [2.05, 4.69) is 12.3 Å². The Kier molecular flexibility index (Phi) is 5.53. The van der Waals surface area contributed by atoms with Crippen molar-refractivity contribution in [3.8, 4) is 0 Å². The van der Waals surface area contributed by atoms with Crippen LogP contribution >= 0.6 is 0 Å². The average Bonchev–Trinajstić information content (AvgIpc) is 3.20. The van der Waals surface area contributed by atoms with Crippen LogP contribution in [0, 0.1) is 11.3 Å². The van der Waals surface area contributed by atoms with Crippen LogP contribution < -0.4 is 0 Å². The van der Waals surface area contributed by atoms with Gasteiger partial charge in [-0.05, 0) is 31.4 Å². The summed E-state index contributed by atoms with van der Waals surface area (Å²) in [4.78, 5) is 24.0.